The summed E-state index contributed by atoms with van der Waals surface area (Å²) in [6.07, 6.45) is 1.76. The predicted molar refractivity (Wildman–Crippen MR) is 137 cm³/mol. The highest BCUT2D eigenvalue weighted by Gasteiger charge is 2.21. The van der Waals surface area contributed by atoms with E-state index in [1.807, 2.05) is 55.5 Å². The number of fused-ring (bicyclic) bond motifs is 1. The normalized spacial score (nSPS) is 15.4. The first kappa shape index (κ1) is 21.9. The number of aryl methyl sites for hydroxylation is 1. The summed E-state index contributed by atoms with van der Waals surface area (Å²) >= 11 is 0. The Morgan fingerprint density at radius 1 is 1.00 bits per heavy atom. The number of aliphatic hydroxyl groups is 1. The number of aromatic nitrogens is 1. The Morgan fingerprint density at radius 2 is 1.82 bits per heavy atom. The van der Waals surface area contributed by atoms with Crippen LogP contribution in [0.15, 0.2) is 79.0 Å². The standard InChI is InChI=1S/C28H28N4O2/c1-17-8-11-27(34)24(12-17)28-23(20-9-10-25-22(13-20)18(2)31-32-25)14-21(15-29-28)30-26(16-33)19-6-4-3-5-7-19/h3-15,18,26,30-34H,16H2,1-2H3. The fraction of sp³-hybridized carbons (Fsp3) is 0.179. The summed E-state index contributed by atoms with van der Waals surface area (Å²) in [5.41, 5.74) is 14.8. The number of hydrazine groups is 1. The lowest BCUT2D eigenvalue weighted by Crippen LogP contribution is -2.15. The highest BCUT2D eigenvalue weighted by molar-refractivity contribution is 5.86. The highest BCUT2D eigenvalue weighted by Crippen LogP contribution is 2.40. The van der Waals surface area contributed by atoms with Gasteiger partial charge >= 0.3 is 0 Å². The summed E-state index contributed by atoms with van der Waals surface area (Å²) in [5, 5.41) is 24.1. The van der Waals surface area contributed by atoms with Gasteiger partial charge < -0.3 is 21.0 Å². The van der Waals surface area contributed by atoms with Crippen LogP contribution in [0.4, 0.5) is 11.4 Å². The van der Waals surface area contributed by atoms with E-state index in [0.717, 1.165) is 33.6 Å². The Balaban J connectivity index is 1.62. The minimum Gasteiger partial charge on any atom is -0.507 e. The van der Waals surface area contributed by atoms with E-state index in [2.05, 4.69) is 41.3 Å². The molecule has 0 spiro atoms. The van der Waals surface area contributed by atoms with Crippen molar-refractivity contribution >= 4 is 11.4 Å². The van der Waals surface area contributed by atoms with Gasteiger partial charge in [-0.2, -0.15) is 0 Å². The van der Waals surface area contributed by atoms with Gasteiger partial charge in [-0.15, -0.1) is 0 Å². The second kappa shape index (κ2) is 9.17. The molecule has 5 rings (SSSR count). The number of aliphatic hydroxyl groups excluding tert-OH is 1. The number of nitrogens with one attached hydrogen (secondary N) is 3. The first-order valence-corrected chi connectivity index (χ1v) is 11.4. The molecule has 6 heteroatoms. The zero-order chi connectivity index (χ0) is 23.7. The summed E-state index contributed by atoms with van der Waals surface area (Å²) < 4.78 is 0. The van der Waals surface area contributed by atoms with E-state index in [0.29, 0.717) is 11.3 Å². The Bertz CT molecular complexity index is 1320. The zero-order valence-electron chi connectivity index (χ0n) is 19.2. The van der Waals surface area contributed by atoms with Crippen LogP contribution in [0, 0.1) is 6.92 Å². The van der Waals surface area contributed by atoms with E-state index in [4.69, 9.17) is 4.98 Å². The number of nitrogens with zero attached hydrogens (tertiary/aromatic N) is 1. The largest absolute Gasteiger partial charge is 0.507 e. The highest BCUT2D eigenvalue weighted by atomic mass is 16.3. The summed E-state index contributed by atoms with van der Waals surface area (Å²) in [6, 6.07) is 23.6. The van der Waals surface area contributed by atoms with Gasteiger partial charge in [0.2, 0.25) is 0 Å². The van der Waals surface area contributed by atoms with Crippen LogP contribution >= 0.6 is 0 Å². The Labute approximate surface area is 199 Å². The molecule has 4 aromatic rings. The molecule has 1 aliphatic heterocycles. The average Bonchev–Trinajstić information content (AvgIpc) is 3.24. The molecule has 172 valence electrons. The summed E-state index contributed by atoms with van der Waals surface area (Å²) in [7, 11) is 0. The van der Waals surface area contributed by atoms with Gasteiger partial charge in [-0.05, 0) is 60.9 Å². The summed E-state index contributed by atoms with van der Waals surface area (Å²) in [6.45, 7) is 4.06. The van der Waals surface area contributed by atoms with Gasteiger partial charge in [0.25, 0.3) is 0 Å². The van der Waals surface area contributed by atoms with Crippen molar-refractivity contribution in [1.82, 2.24) is 10.4 Å². The van der Waals surface area contributed by atoms with Crippen molar-refractivity contribution in [3.63, 3.8) is 0 Å². The van der Waals surface area contributed by atoms with Crippen molar-refractivity contribution in [3.8, 4) is 28.1 Å². The van der Waals surface area contributed by atoms with Crippen LogP contribution in [-0.2, 0) is 0 Å². The number of pyridine rings is 1. The topological polar surface area (TPSA) is 89.4 Å². The quantitative estimate of drug-likeness (QED) is 0.263. The number of rotatable bonds is 6. The second-order valence-electron chi connectivity index (χ2n) is 8.72. The monoisotopic (exact) mass is 452 g/mol. The van der Waals surface area contributed by atoms with Gasteiger partial charge in [0.05, 0.1) is 42.0 Å². The first-order chi connectivity index (χ1) is 16.5. The Hall–Kier alpha value is -3.87. The molecule has 1 aromatic heterocycles. The SMILES string of the molecule is Cc1ccc(O)c(-c2ncc(NC(CO)c3ccccc3)cc2-c2ccc3c(c2)C(C)NN3)c1. The third-order valence-corrected chi connectivity index (χ3v) is 6.27. The Kier molecular flexibility index (Phi) is 5.92. The van der Waals surface area contributed by atoms with Crippen molar-refractivity contribution in [2.45, 2.75) is 25.9 Å². The Morgan fingerprint density at radius 3 is 2.62 bits per heavy atom. The van der Waals surface area contributed by atoms with Gasteiger partial charge in [-0.1, -0.05) is 48.0 Å². The molecule has 0 saturated carbocycles. The average molecular weight is 453 g/mol. The molecule has 1 aliphatic rings. The first-order valence-electron chi connectivity index (χ1n) is 11.4. The van der Waals surface area contributed by atoms with E-state index >= 15 is 0 Å². The molecular weight excluding hydrogens is 424 g/mol. The summed E-state index contributed by atoms with van der Waals surface area (Å²) in [5.74, 6) is 0.190. The number of hydrogen-bond acceptors (Lipinski definition) is 6. The molecule has 0 bridgehead atoms. The predicted octanol–water partition coefficient (Wildman–Crippen LogP) is 5.57. The van der Waals surface area contributed by atoms with Crippen LogP contribution in [0.1, 0.15) is 35.7 Å². The molecule has 5 N–H and O–H groups in total. The van der Waals surface area contributed by atoms with E-state index in [9.17, 15) is 10.2 Å². The minimum absolute atomic E-state index is 0.0481. The number of phenols is 1. The van der Waals surface area contributed by atoms with E-state index in [1.165, 1.54) is 5.56 Å². The third-order valence-electron chi connectivity index (χ3n) is 6.27. The molecule has 0 saturated heterocycles. The maximum atomic E-state index is 10.6. The molecule has 0 amide bonds. The lowest BCUT2D eigenvalue weighted by atomic mass is 9.94. The molecule has 0 aliphatic carbocycles. The molecule has 0 fully saturated rings. The van der Waals surface area contributed by atoms with Crippen molar-refractivity contribution < 1.29 is 10.2 Å². The van der Waals surface area contributed by atoms with E-state index < -0.39 is 0 Å². The smallest absolute Gasteiger partial charge is 0.125 e. The van der Waals surface area contributed by atoms with Crippen LogP contribution in [0.3, 0.4) is 0 Å². The van der Waals surface area contributed by atoms with Crippen molar-refractivity contribution in [1.29, 1.82) is 0 Å². The van der Waals surface area contributed by atoms with Crippen LogP contribution in [0.25, 0.3) is 22.4 Å². The van der Waals surface area contributed by atoms with Gasteiger partial charge in [0.15, 0.2) is 0 Å². The molecule has 2 heterocycles. The van der Waals surface area contributed by atoms with E-state index in [1.54, 1.807) is 12.3 Å². The number of hydrogen-bond donors (Lipinski definition) is 5. The van der Waals surface area contributed by atoms with Gasteiger partial charge in [0.1, 0.15) is 5.75 Å². The molecule has 34 heavy (non-hydrogen) atoms. The lowest BCUT2D eigenvalue weighted by Gasteiger charge is -2.20. The number of benzene rings is 3. The third kappa shape index (κ3) is 4.21. The van der Waals surface area contributed by atoms with Crippen molar-refractivity contribution in [2.75, 3.05) is 17.3 Å². The molecule has 6 nitrogen and oxygen atoms in total. The fourth-order valence-electron chi connectivity index (χ4n) is 4.40. The van der Waals surface area contributed by atoms with Crippen LogP contribution in [0.2, 0.25) is 0 Å². The minimum atomic E-state index is -0.262. The number of aromatic hydroxyl groups is 1. The van der Waals surface area contributed by atoms with Gasteiger partial charge in [-0.3, -0.25) is 4.98 Å². The van der Waals surface area contributed by atoms with Gasteiger partial charge in [-0.25, -0.2) is 5.43 Å². The molecule has 2 atom stereocenters. The second-order valence-corrected chi connectivity index (χ2v) is 8.72. The lowest BCUT2D eigenvalue weighted by molar-refractivity contribution is 0.276. The molecule has 2 unspecified atom stereocenters. The summed E-state index contributed by atoms with van der Waals surface area (Å²) in [4.78, 5) is 4.79. The number of phenolic OH excluding ortho intramolecular Hbond substituents is 1. The van der Waals surface area contributed by atoms with Crippen LogP contribution in [-0.4, -0.2) is 21.8 Å². The molecule has 3 aromatic carbocycles. The number of anilines is 2. The van der Waals surface area contributed by atoms with Gasteiger partial charge in [0, 0.05) is 11.1 Å². The zero-order valence-corrected chi connectivity index (χ0v) is 19.2. The maximum Gasteiger partial charge on any atom is 0.125 e. The van der Waals surface area contributed by atoms with Crippen molar-refractivity contribution in [3.05, 3.63) is 95.7 Å². The molecule has 0 radical (unpaired) electrons. The molecular formula is C28H28N4O2. The van der Waals surface area contributed by atoms with Crippen LogP contribution in [0.5, 0.6) is 5.75 Å². The van der Waals surface area contributed by atoms with Crippen molar-refractivity contribution in [2.24, 2.45) is 0 Å². The van der Waals surface area contributed by atoms with E-state index in [-0.39, 0.29) is 24.4 Å². The van der Waals surface area contributed by atoms with Crippen LogP contribution < -0.4 is 16.2 Å². The maximum absolute atomic E-state index is 10.6. The fourth-order valence-corrected chi connectivity index (χ4v) is 4.40.